The number of hydrogen-bond acceptors (Lipinski definition) is 3. The fraction of sp³-hybridized carbons (Fsp3) is 0.286. The summed E-state index contributed by atoms with van der Waals surface area (Å²) >= 11 is 0. The van der Waals surface area contributed by atoms with Gasteiger partial charge in [0.2, 0.25) is 0 Å². The van der Waals surface area contributed by atoms with Gasteiger partial charge in [-0.2, -0.15) is 5.10 Å². The number of hydrogen-bond donors (Lipinski definition) is 1. The number of rotatable bonds is 3. The molecule has 1 atom stereocenters. The Morgan fingerprint density at radius 3 is 2.67 bits per heavy atom. The first kappa shape index (κ1) is 12.5. The Labute approximate surface area is 106 Å². The largest absolute Gasteiger partial charge is 0.386 e. The summed E-state index contributed by atoms with van der Waals surface area (Å²) in [6, 6.07) is 10.7. The van der Waals surface area contributed by atoms with E-state index in [1.807, 2.05) is 38.1 Å². The van der Waals surface area contributed by atoms with Crippen molar-refractivity contribution in [2.45, 2.75) is 26.5 Å². The summed E-state index contributed by atoms with van der Waals surface area (Å²) in [6.07, 6.45) is -0.724. The standard InChI is InChI=1S/C14H16N2O2/c1-10-5-3-4-6-12(10)13(17)9-16-14(18)8-7-11(2)15-16/h3-8,13,17H,9H2,1-2H3. The lowest BCUT2D eigenvalue weighted by Gasteiger charge is -2.14. The van der Waals surface area contributed by atoms with Crippen molar-refractivity contribution < 1.29 is 5.11 Å². The van der Waals surface area contributed by atoms with Crippen LogP contribution >= 0.6 is 0 Å². The Morgan fingerprint density at radius 1 is 1.22 bits per heavy atom. The van der Waals surface area contributed by atoms with E-state index in [0.717, 1.165) is 16.8 Å². The molecule has 1 heterocycles. The number of aliphatic hydroxyl groups excluding tert-OH is 1. The monoisotopic (exact) mass is 244 g/mol. The minimum Gasteiger partial charge on any atom is -0.386 e. The number of aliphatic hydroxyl groups is 1. The molecule has 2 rings (SSSR count). The van der Waals surface area contributed by atoms with Gasteiger partial charge in [-0.1, -0.05) is 24.3 Å². The van der Waals surface area contributed by atoms with Crippen LogP contribution in [-0.4, -0.2) is 14.9 Å². The Morgan fingerprint density at radius 2 is 1.94 bits per heavy atom. The first-order valence-corrected chi connectivity index (χ1v) is 5.86. The zero-order valence-electron chi connectivity index (χ0n) is 10.5. The van der Waals surface area contributed by atoms with Crippen LogP contribution in [0.1, 0.15) is 22.9 Å². The second kappa shape index (κ2) is 5.14. The molecule has 4 nitrogen and oxygen atoms in total. The molecule has 94 valence electrons. The van der Waals surface area contributed by atoms with Crippen LogP contribution < -0.4 is 5.56 Å². The van der Waals surface area contributed by atoms with Crippen LogP contribution in [0.25, 0.3) is 0 Å². The Bertz CT molecular complexity index is 605. The third-order valence-corrected chi connectivity index (χ3v) is 2.89. The van der Waals surface area contributed by atoms with E-state index in [1.165, 1.54) is 10.7 Å². The fourth-order valence-corrected chi connectivity index (χ4v) is 1.90. The molecule has 0 aliphatic carbocycles. The van der Waals surface area contributed by atoms with Crippen LogP contribution in [0.2, 0.25) is 0 Å². The third-order valence-electron chi connectivity index (χ3n) is 2.89. The molecule has 0 saturated carbocycles. The molecule has 1 aromatic heterocycles. The van der Waals surface area contributed by atoms with Gasteiger partial charge in [0, 0.05) is 6.07 Å². The SMILES string of the molecule is Cc1ccc(=O)n(CC(O)c2ccccc2C)n1. The predicted octanol–water partition coefficient (Wildman–Crippen LogP) is 1.59. The number of nitrogens with zero attached hydrogens (tertiary/aromatic N) is 2. The lowest BCUT2D eigenvalue weighted by atomic mass is 10.0. The second-order valence-electron chi connectivity index (χ2n) is 4.37. The number of aromatic nitrogens is 2. The highest BCUT2D eigenvalue weighted by molar-refractivity contribution is 5.27. The molecule has 0 aliphatic heterocycles. The van der Waals surface area contributed by atoms with Crippen molar-refractivity contribution in [3.63, 3.8) is 0 Å². The summed E-state index contributed by atoms with van der Waals surface area (Å²) in [5, 5.41) is 14.3. The van der Waals surface area contributed by atoms with Gasteiger partial charge in [0.05, 0.1) is 18.3 Å². The predicted molar refractivity (Wildman–Crippen MR) is 69.4 cm³/mol. The number of benzene rings is 1. The molecule has 18 heavy (non-hydrogen) atoms. The van der Waals surface area contributed by atoms with Crippen molar-refractivity contribution in [3.8, 4) is 0 Å². The Hall–Kier alpha value is -1.94. The van der Waals surface area contributed by atoms with E-state index in [9.17, 15) is 9.90 Å². The van der Waals surface area contributed by atoms with E-state index in [-0.39, 0.29) is 12.1 Å². The van der Waals surface area contributed by atoms with Crippen LogP contribution in [0.4, 0.5) is 0 Å². The van der Waals surface area contributed by atoms with Gasteiger partial charge >= 0.3 is 0 Å². The lowest BCUT2D eigenvalue weighted by molar-refractivity contribution is 0.148. The molecular formula is C14H16N2O2. The van der Waals surface area contributed by atoms with Gasteiger partial charge in [-0.05, 0) is 31.0 Å². The third kappa shape index (κ3) is 2.65. The van der Waals surface area contributed by atoms with E-state index < -0.39 is 6.10 Å². The molecule has 0 aliphatic rings. The van der Waals surface area contributed by atoms with E-state index in [2.05, 4.69) is 5.10 Å². The Kier molecular flexibility index (Phi) is 3.58. The van der Waals surface area contributed by atoms with Crippen molar-refractivity contribution in [1.29, 1.82) is 0 Å². The van der Waals surface area contributed by atoms with E-state index in [0.29, 0.717) is 0 Å². The topological polar surface area (TPSA) is 55.1 Å². The minimum atomic E-state index is -0.724. The van der Waals surface area contributed by atoms with Gasteiger partial charge in [0.15, 0.2) is 0 Å². The van der Waals surface area contributed by atoms with Crippen molar-refractivity contribution in [2.24, 2.45) is 0 Å². The molecule has 0 saturated heterocycles. The molecule has 1 unspecified atom stereocenters. The molecule has 2 aromatic rings. The number of aryl methyl sites for hydroxylation is 2. The zero-order valence-corrected chi connectivity index (χ0v) is 10.5. The van der Waals surface area contributed by atoms with Gasteiger partial charge in [0.1, 0.15) is 0 Å². The van der Waals surface area contributed by atoms with Crippen molar-refractivity contribution in [3.05, 3.63) is 63.6 Å². The van der Waals surface area contributed by atoms with Crippen LogP contribution in [0.5, 0.6) is 0 Å². The molecule has 4 heteroatoms. The molecular weight excluding hydrogens is 228 g/mol. The van der Waals surface area contributed by atoms with Crippen molar-refractivity contribution >= 4 is 0 Å². The lowest BCUT2D eigenvalue weighted by Crippen LogP contribution is -2.25. The highest BCUT2D eigenvalue weighted by atomic mass is 16.3. The molecule has 0 amide bonds. The summed E-state index contributed by atoms with van der Waals surface area (Å²) < 4.78 is 1.30. The van der Waals surface area contributed by atoms with Crippen LogP contribution in [-0.2, 0) is 6.54 Å². The molecule has 0 fully saturated rings. The van der Waals surface area contributed by atoms with Gasteiger partial charge in [-0.15, -0.1) is 0 Å². The minimum absolute atomic E-state index is 0.172. The molecule has 0 spiro atoms. The smallest absolute Gasteiger partial charge is 0.266 e. The van der Waals surface area contributed by atoms with E-state index in [4.69, 9.17) is 0 Å². The second-order valence-corrected chi connectivity index (χ2v) is 4.37. The summed E-state index contributed by atoms with van der Waals surface area (Å²) in [7, 11) is 0. The summed E-state index contributed by atoms with van der Waals surface area (Å²) in [4.78, 5) is 11.6. The summed E-state index contributed by atoms with van der Waals surface area (Å²) in [6.45, 7) is 3.92. The van der Waals surface area contributed by atoms with E-state index in [1.54, 1.807) is 6.07 Å². The molecule has 1 N–H and O–H groups in total. The van der Waals surface area contributed by atoms with Crippen LogP contribution in [0, 0.1) is 13.8 Å². The van der Waals surface area contributed by atoms with Gasteiger partial charge in [-0.25, -0.2) is 4.68 Å². The van der Waals surface area contributed by atoms with Crippen LogP contribution in [0.3, 0.4) is 0 Å². The average Bonchev–Trinajstić information content (AvgIpc) is 2.34. The summed E-state index contributed by atoms with van der Waals surface area (Å²) in [5.41, 5.74) is 2.39. The highest BCUT2D eigenvalue weighted by Gasteiger charge is 2.12. The maximum atomic E-state index is 11.6. The normalized spacial score (nSPS) is 12.4. The maximum absolute atomic E-state index is 11.6. The first-order valence-electron chi connectivity index (χ1n) is 5.86. The Balaban J connectivity index is 2.27. The van der Waals surface area contributed by atoms with Crippen LogP contribution in [0.15, 0.2) is 41.2 Å². The average molecular weight is 244 g/mol. The highest BCUT2D eigenvalue weighted by Crippen LogP contribution is 2.17. The quantitative estimate of drug-likeness (QED) is 0.892. The zero-order chi connectivity index (χ0) is 13.1. The molecule has 0 radical (unpaired) electrons. The molecule has 1 aromatic carbocycles. The fourth-order valence-electron chi connectivity index (χ4n) is 1.90. The van der Waals surface area contributed by atoms with Crippen molar-refractivity contribution in [2.75, 3.05) is 0 Å². The van der Waals surface area contributed by atoms with Gasteiger partial charge in [0.25, 0.3) is 5.56 Å². The summed E-state index contributed by atoms with van der Waals surface area (Å²) in [5.74, 6) is 0. The first-order chi connectivity index (χ1) is 8.58. The van der Waals surface area contributed by atoms with E-state index >= 15 is 0 Å². The van der Waals surface area contributed by atoms with Gasteiger partial charge in [-0.3, -0.25) is 4.79 Å². The molecule has 0 bridgehead atoms. The van der Waals surface area contributed by atoms with Gasteiger partial charge < -0.3 is 5.11 Å². The maximum Gasteiger partial charge on any atom is 0.266 e. The van der Waals surface area contributed by atoms with Crippen molar-refractivity contribution in [1.82, 2.24) is 9.78 Å².